The van der Waals surface area contributed by atoms with Gasteiger partial charge in [-0.2, -0.15) is 0 Å². The van der Waals surface area contributed by atoms with Gasteiger partial charge in [-0.25, -0.2) is 0 Å². The molecule has 0 saturated heterocycles. The Morgan fingerprint density at radius 1 is 0.862 bits per heavy atom. The Bertz CT molecular complexity index is 1110. The van der Waals surface area contributed by atoms with Gasteiger partial charge in [-0.3, -0.25) is 4.94 Å². The highest BCUT2D eigenvalue weighted by Gasteiger charge is 2.21. The number of halogens is 1. The van der Waals surface area contributed by atoms with Gasteiger partial charge in [0.05, 0.1) is 0 Å². The smallest absolute Gasteiger partial charge is 0.182 e. The molecule has 0 radical (unpaired) electrons. The van der Waals surface area contributed by atoms with Crippen LogP contribution in [0, 0.1) is 0 Å². The molecule has 0 amide bonds. The van der Waals surface area contributed by atoms with Crippen LogP contribution in [0.1, 0.15) is 17.2 Å². The number of aliphatic hydroxyl groups excluding tert-OH is 2. The molecule has 0 bridgehead atoms. The highest BCUT2D eigenvalue weighted by Crippen LogP contribution is 2.33. The van der Waals surface area contributed by atoms with Crippen molar-refractivity contribution in [3.63, 3.8) is 0 Å². The van der Waals surface area contributed by atoms with Gasteiger partial charge < -0.3 is 19.9 Å². The number of rotatable bonds is 6. The molecular weight excluding hydrogens is 373 g/mol. The monoisotopic (exact) mass is 393 g/mol. The average Bonchev–Trinajstić information content (AvgIpc) is 3.11. The number of hydrogen-bond donors (Lipinski definition) is 3. The standard InChI is InChI=1S/C23H20FNO4/c24-29-18-9-6-16(7-10-18)17-8-11-21-19(12-17)20(22(26)23(27)28)14-25(21)13-15-4-2-1-3-5-15/h1-12,14,22-23,26-28H,13H2. The highest BCUT2D eigenvalue weighted by atomic mass is 19.3. The van der Waals surface area contributed by atoms with Crippen molar-refractivity contribution in [3.8, 4) is 16.9 Å². The van der Waals surface area contributed by atoms with Gasteiger partial charge in [0, 0.05) is 33.7 Å². The van der Waals surface area contributed by atoms with Crippen molar-refractivity contribution in [2.75, 3.05) is 0 Å². The number of benzene rings is 3. The van der Waals surface area contributed by atoms with Gasteiger partial charge in [0.25, 0.3) is 0 Å². The first-order chi connectivity index (χ1) is 14.1. The topological polar surface area (TPSA) is 74.9 Å². The van der Waals surface area contributed by atoms with Gasteiger partial charge in [0.15, 0.2) is 12.0 Å². The van der Waals surface area contributed by atoms with Crippen LogP contribution in [0.3, 0.4) is 0 Å². The second-order valence-corrected chi connectivity index (χ2v) is 6.89. The third-order valence-electron chi connectivity index (χ3n) is 4.99. The largest absolute Gasteiger partial charge is 0.383 e. The zero-order chi connectivity index (χ0) is 20.4. The van der Waals surface area contributed by atoms with Crippen molar-refractivity contribution in [3.05, 3.63) is 90.1 Å². The van der Waals surface area contributed by atoms with Crippen LogP contribution in [-0.2, 0) is 6.54 Å². The molecule has 29 heavy (non-hydrogen) atoms. The van der Waals surface area contributed by atoms with Crippen LogP contribution in [0.4, 0.5) is 4.53 Å². The zero-order valence-corrected chi connectivity index (χ0v) is 15.4. The summed E-state index contributed by atoms with van der Waals surface area (Å²) in [6.45, 7) is 0.577. The minimum atomic E-state index is -1.89. The number of aliphatic hydroxyl groups is 3. The minimum Gasteiger partial charge on any atom is -0.383 e. The summed E-state index contributed by atoms with van der Waals surface area (Å²) in [5.41, 5.74) is 4.06. The van der Waals surface area contributed by atoms with Gasteiger partial charge in [0.2, 0.25) is 0 Å². The van der Waals surface area contributed by atoms with Crippen LogP contribution in [0.5, 0.6) is 5.75 Å². The van der Waals surface area contributed by atoms with E-state index in [1.165, 1.54) is 12.1 Å². The molecule has 4 aromatic rings. The third kappa shape index (κ3) is 3.86. The molecule has 0 aliphatic carbocycles. The van der Waals surface area contributed by atoms with Crippen molar-refractivity contribution in [2.24, 2.45) is 0 Å². The summed E-state index contributed by atoms with van der Waals surface area (Å²) in [5.74, 6) is 0.114. The fraction of sp³-hybridized carbons (Fsp3) is 0.130. The molecule has 148 valence electrons. The molecule has 0 fully saturated rings. The summed E-state index contributed by atoms with van der Waals surface area (Å²) in [6, 6.07) is 22.1. The lowest BCUT2D eigenvalue weighted by atomic mass is 10.0. The van der Waals surface area contributed by atoms with Crippen LogP contribution in [0.15, 0.2) is 79.0 Å². The molecule has 1 unspecified atom stereocenters. The Hall–Kier alpha value is -3.19. The van der Waals surface area contributed by atoms with Gasteiger partial charge in [0.1, 0.15) is 6.10 Å². The maximum atomic E-state index is 12.3. The van der Waals surface area contributed by atoms with Crippen molar-refractivity contribution in [1.82, 2.24) is 4.57 Å². The molecule has 0 saturated carbocycles. The summed E-state index contributed by atoms with van der Waals surface area (Å²) in [6.07, 6.45) is -1.59. The Labute approximate surface area is 166 Å². The predicted octanol–water partition coefficient (Wildman–Crippen LogP) is 3.96. The van der Waals surface area contributed by atoms with Gasteiger partial charge in [-0.15, -0.1) is 0 Å². The second kappa shape index (κ2) is 8.05. The Morgan fingerprint density at radius 2 is 1.55 bits per heavy atom. The van der Waals surface area contributed by atoms with Gasteiger partial charge >= 0.3 is 0 Å². The lowest BCUT2D eigenvalue weighted by Crippen LogP contribution is -2.16. The summed E-state index contributed by atoms with van der Waals surface area (Å²) >= 11 is 0. The quantitative estimate of drug-likeness (QED) is 0.434. The normalized spacial score (nSPS) is 12.4. The predicted molar refractivity (Wildman–Crippen MR) is 108 cm³/mol. The fourth-order valence-corrected chi connectivity index (χ4v) is 3.51. The SMILES string of the molecule is OC(O)C(O)c1cn(Cc2ccccc2)c2ccc(-c3ccc(OF)cc3)cc12. The van der Waals surface area contributed by atoms with E-state index >= 15 is 0 Å². The first-order valence-corrected chi connectivity index (χ1v) is 9.17. The van der Waals surface area contributed by atoms with Crippen molar-refractivity contribution < 1.29 is 24.8 Å². The minimum absolute atomic E-state index is 0.114. The zero-order valence-electron chi connectivity index (χ0n) is 15.4. The summed E-state index contributed by atoms with van der Waals surface area (Å²) in [4.78, 5) is 3.72. The number of fused-ring (bicyclic) bond motifs is 1. The molecule has 6 heteroatoms. The molecular formula is C23H20FNO4. The molecule has 3 N–H and O–H groups in total. The van der Waals surface area contributed by atoms with E-state index in [2.05, 4.69) is 4.94 Å². The number of hydrogen-bond acceptors (Lipinski definition) is 4. The summed E-state index contributed by atoms with van der Waals surface area (Å²) < 4.78 is 14.3. The molecule has 0 spiro atoms. The van der Waals surface area contributed by atoms with E-state index in [4.69, 9.17) is 0 Å². The van der Waals surface area contributed by atoms with Crippen molar-refractivity contribution >= 4 is 10.9 Å². The van der Waals surface area contributed by atoms with Gasteiger partial charge in [-0.05, 0) is 41.0 Å². The maximum Gasteiger partial charge on any atom is 0.182 e. The Morgan fingerprint density at radius 3 is 2.21 bits per heavy atom. The third-order valence-corrected chi connectivity index (χ3v) is 4.99. The lowest BCUT2D eigenvalue weighted by Gasteiger charge is -2.12. The van der Waals surface area contributed by atoms with Gasteiger partial charge in [-0.1, -0.05) is 48.5 Å². The van der Waals surface area contributed by atoms with Crippen LogP contribution >= 0.6 is 0 Å². The summed E-state index contributed by atoms with van der Waals surface area (Å²) in [7, 11) is 0. The fourth-order valence-electron chi connectivity index (χ4n) is 3.51. The first kappa shape index (κ1) is 19.1. The van der Waals surface area contributed by atoms with Crippen molar-refractivity contribution in [2.45, 2.75) is 18.9 Å². The van der Waals surface area contributed by atoms with Crippen LogP contribution in [0.2, 0.25) is 0 Å². The Kier molecular flexibility index (Phi) is 5.31. The number of aromatic nitrogens is 1. The molecule has 1 heterocycles. The van der Waals surface area contributed by atoms with Crippen LogP contribution in [0.25, 0.3) is 22.0 Å². The van der Waals surface area contributed by atoms with E-state index in [-0.39, 0.29) is 5.75 Å². The van der Waals surface area contributed by atoms with E-state index in [1.807, 2.05) is 53.1 Å². The molecule has 5 nitrogen and oxygen atoms in total. The Balaban J connectivity index is 1.81. The second-order valence-electron chi connectivity index (χ2n) is 6.89. The highest BCUT2D eigenvalue weighted by molar-refractivity contribution is 5.89. The van der Waals surface area contributed by atoms with Crippen LogP contribution in [-0.4, -0.2) is 26.2 Å². The average molecular weight is 393 g/mol. The molecule has 3 aromatic carbocycles. The lowest BCUT2D eigenvalue weighted by molar-refractivity contribution is -0.123. The summed E-state index contributed by atoms with van der Waals surface area (Å²) in [5, 5.41) is 30.1. The van der Waals surface area contributed by atoms with E-state index in [0.29, 0.717) is 17.5 Å². The van der Waals surface area contributed by atoms with E-state index < -0.39 is 12.4 Å². The maximum absolute atomic E-state index is 12.3. The van der Waals surface area contributed by atoms with E-state index in [9.17, 15) is 19.8 Å². The van der Waals surface area contributed by atoms with Crippen LogP contribution < -0.4 is 4.94 Å². The number of nitrogens with zero attached hydrogens (tertiary/aromatic N) is 1. The van der Waals surface area contributed by atoms with Crippen molar-refractivity contribution in [1.29, 1.82) is 0 Å². The van der Waals surface area contributed by atoms with E-state index in [0.717, 1.165) is 22.2 Å². The molecule has 1 aromatic heterocycles. The first-order valence-electron chi connectivity index (χ1n) is 9.17. The molecule has 0 aliphatic heterocycles. The molecule has 0 aliphatic rings. The van der Waals surface area contributed by atoms with E-state index in [1.54, 1.807) is 18.3 Å². The molecule has 1 atom stereocenters. The molecule has 4 rings (SSSR count).